The van der Waals surface area contributed by atoms with E-state index in [-0.39, 0.29) is 41.5 Å². The number of carbonyl (C=O) groups excluding carboxylic acids is 2. The Hall–Kier alpha value is -3.27. The number of rotatable bonds is 9. The first-order chi connectivity index (χ1) is 14.0. The first-order valence-corrected chi connectivity index (χ1v) is 9.78. The highest BCUT2D eigenvalue weighted by molar-refractivity contribution is 7.99. The quantitative estimate of drug-likeness (QED) is 0.313. The molecule has 1 aromatic heterocycles. The van der Waals surface area contributed by atoms with E-state index < -0.39 is 0 Å². The number of benzene rings is 1. The first-order valence-electron chi connectivity index (χ1n) is 8.79. The maximum atomic E-state index is 12.1. The zero-order chi connectivity index (χ0) is 20.6. The molecule has 0 fully saturated rings. The van der Waals surface area contributed by atoms with E-state index >= 15 is 0 Å². The van der Waals surface area contributed by atoms with Crippen molar-refractivity contribution in [1.82, 2.24) is 20.6 Å². The molecule has 2 aromatic rings. The number of carbonyl (C=O) groups is 2. The summed E-state index contributed by atoms with van der Waals surface area (Å²) in [6.07, 6.45) is 1.54. The number of hydrogen-bond acceptors (Lipinski definition) is 7. The third kappa shape index (κ3) is 6.11. The third-order valence-electron chi connectivity index (χ3n) is 3.82. The molecular weight excluding hydrogens is 396 g/mol. The fourth-order valence-electron chi connectivity index (χ4n) is 2.49. The summed E-state index contributed by atoms with van der Waals surface area (Å²) < 4.78 is 10.6. The van der Waals surface area contributed by atoms with Crippen LogP contribution in [0.4, 0.5) is 0 Å². The largest absolute Gasteiger partial charge is 0.454 e. The van der Waals surface area contributed by atoms with Gasteiger partial charge in [-0.2, -0.15) is 0 Å². The van der Waals surface area contributed by atoms with Gasteiger partial charge in [0.2, 0.25) is 18.6 Å². The van der Waals surface area contributed by atoms with Crippen molar-refractivity contribution in [1.29, 1.82) is 0 Å². The summed E-state index contributed by atoms with van der Waals surface area (Å²) in [6, 6.07) is 6.72. The molecule has 2 heterocycles. The Kier molecular flexibility index (Phi) is 6.90. The Balaban J connectivity index is 1.49. The van der Waals surface area contributed by atoms with Crippen molar-refractivity contribution in [3.63, 3.8) is 0 Å². The summed E-state index contributed by atoms with van der Waals surface area (Å²) in [5.41, 5.74) is 0.833. The Morgan fingerprint density at radius 1 is 1.21 bits per heavy atom. The predicted octanol–water partition coefficient (Wildman–Crippen LogP) is 0.752. The van der Waals surface area contributed by atoms with E-state index in [2.05, 4.69) is 27.2 Å². The highest BCUT2D eigenvalue weighted by Crippen LogP contribution is 2.32. The highest BCUT2D eigenvalue weighted by Gasteiger charge is 2.14. The number of aromatic amines is 1. The SMILES string of the molecule is C=CCNC(=O)Cc1cc(=O)[nH]c(SCC(=O)NCc2ccc3c(c2)OCO3)n1. The summed E-state index contributed by atoms with van der Waals surface area (Å²) in [7, 11) is 0. The van der Waals surface area contributed by atoms with Crippen LogP contribution in [-0.2, 0) is 22.6 Å². The number of H-pyrrole nitrogens is 1. The molecule has 1 aliphatic heterocycles. The van der Waals surface area contributed by atoms with Crippen molar-refractivity contribution in [2.75, 3.05) is 19.1 Å². The van der Waals surface area contributed by atoms with Gasteiger partial charge in [-0.25, -0.2) is 4.98 Å². The minimum Gasteiger partial charge on any atom is -0.454 e. The van der Waals surface area contributed by atoms with Crippen LogP contribution in [0, 0.1) is 0 Å². The van der Waals surface area contributed by atoms with Gasteiger partial charge >= 0.3 is 0 Å². The van der Waals surface area contributed by atoms with Gasteiger partial charge in [0.15, 0.2) is 16.7 Å². The number of nitrogens with zero attached hydrogens (tertiary/aromatic N) is 1. The molecule has 0 radical (unpaired) electrons. The second-order valence-electron chi connectivity index (χ2n) is 6.06. The van der Waals surface area contributed by atoms with E-state index in [0.717, 1.165) is 17.3 Å². The minimum atomic E-state index is -0.380. The summed E-state index contributed by atoms with van der Waals surface area (Å²) >= 11 is 1.09. The molecule has 0 aliphatic carbocycles. The number of ether oxygens (including phenoxy) is 2. The molecule has 3 rings (SSSR count). The van der Waals surface area contributed by atoms with Crippen LogP contribution in [0.2, 0.25) is 0 Å². The smallest absolute Gasteiger partial charge is 0.251 e. The topological polar surface area (TPSA) is 122 Å². The zero-order valence-corrected chi connectivity index (χ0v) is 16.3. The van der Waals surface area contributed by atoms with Gasteiger partial charge in [0.1, 0.15) is 0 Å². The minimum absolute atomic E-state index is 0.0262. The molecule has 1 aromatic carbocycles. The van der Waals surface area contributed by atoms with E-state index in [1.807, 2.05) is 12.1 Å². The lowest BCUT2D eigenvalue weighted by Crippen LogP contribution is -2.26. The van der Waals surface area contributed by atoms with Crippen molar-refractivity contribution < 1.29 is 19.1 Å². The lowest BCUT2D eigenvalue weighted by molar-refractivity contribution is -0.120. The maximum Gasteiger partial charge on any atom is 0.251 e. The van der Waals surface area contributed by atoms with Crippen LogP contribution in [0.1, 0.15) is 11.3 Å². The summed E-state index contributed by atoms with van der Waals surface area (Å²) in [6.45, 7) is 4.39. The van der Waals surface area contributed by atoms with Gasteiger partial charge in [-0.3, -0.25) is 14.4 Å². The predicted molar refractivity (Wildman–Crippen MR) is 107 cm³/mol. The Bertz CT molecular complexity index is 975. The van der Waals surface area contributed by atoms with E-state index in [9.17, 15) is 14.4 Å². The summed E-state index contributed by atoms with van der Waals surface area (Å²) in [4.78, 5) is 42.4. The molecule has 0 saturated heterocycles. The number of thioether (sulfide) groups is 1. The molecule has 0 spiro atoms. The van der Waals surface area contributed by atoms with Crippen molar-refractivity contribution in [3.05, 3.63) is 58.5 Å². The van der Waals surface area contributed by atoms with Crippen LogP contribution in [-0.4, -0.2) is 40.9 Å². The van der Waals surface area contributed by atoms with E-state index in [4.69, 9.17) is 9.47 Å². The molecule has 3 N–H and O–H groups in total. The van der Waals surface area contributed by atoms with Gasteiger partial charge in [-0.05, 0) is 17.7 Å². The van der Waals surface area contributed by atoms with Gasteiger partial charge in [0, 0.05) is 19.2 Å². The van der Waals surface area contributed by atoms with Crippen molar-refractivity contribution in [2.24, 2.45) is 0 Å². The second-order valence-corrected chi connectivity index (χ2v) is 7.03. The normalized spacial score (nSPS) is 11.7. The van der Waals surface area contributed by atoms with Gasteiger partial charge < -0.3 is 25.1 Å². The Morgan fingerprint density at radius 3 is 2.86 bits per heavy atom. The number of amides is 2. The summed E-state index contributed by atoms with van der Waals surface area (Å²) in [5, 5.41) is 5.70. The fraction of sp³-hybridized carbons (Fsp3) is 0.263. The van der Waals surface area contributed by atoms with Gasteiger partial charge in [-0.15, -0.1) is 6.58 Å². The second kappa shape index (κ2) is 9.78. The van der Waals surface area contributed by atoms with Gasteiger partial charge in [-0.1, -0.05) is 23.9 Å². The highest BCUT2D eigenvalue weighted by atomic mass is 32.2. The van der Waals surface area contributed by atoms with Crippen LogP contribution in [0.15, 0.2) is 46.9 Å². The van der Waals surface area contributed by atoms with Crippen molar-refractivity contribution in [2.45, 2.75) is 18.1 Å². The number of nitrogens with one attached hydrogen (secondary N) is 3. The van der Waals surface area contributed by atoms with Crippen LogP contribution in [0.5, 0.6) is 11.5 Å². The molecule has 152 valence electrons. The molecule has 10 heteroatoms. The molecule has 0 atom stereocenters. The van der Waals surface area contributed by atoms with E-state index in [1.54, 1.807) is 12.1 Å². The monoisotopic (exact) mass is 416 g/mol. The molecule has 0 unspecified atom stereocenters. The average molecular weight is 416 g/mol. The van der Waals surface area contributed by atoms with Crippen LogP contribution < -0.4 is 25.7 Å². The molecule has 1 aliphatic rings. The standard InChI is InChI=1S/C19H20N4O5S/c1-2-5-20-16(24)7-13-8-17(25)23-19(22-13)29-10-18(26)21-9-12-3-4-14-15(6-12)28-11-27-14/h2-4,6,8H,1,5,7,9-11H2,(H,20,24)(H,21,26)(H,22,23,25). The molecule has 0 saturated carbocycles. The molecule has 29 heavy (non-hydrogen) atoms. The molecule has 9 nitrogen and oxygen atoms in total. The number of hydrogen-bond donors (Lipinski definition) is 3. The zero-order valence-electron chi connectivity index (χ0n) is 15.5. The molecular formula is C19H20N4O5S. The van der Waals surface area contributed by atoms with Crippen LogP contribution in [0.3, 0.4) is 0 Å². The van der Waals surface area contributed by atoms with Crippen LogP contribution in [0.25, 0.3) is 0 Å². The number of fused-ring (bicyclic) bond motifs is 1. The van der Waals surface area contributed by atoms with Gasteiger partial charge in [0.25, 0.3) is 5.56 Å². The van der Waals surface area contributed by atoms with Crippen molar-refractivity contribution >= 4 is 23.6 Å². The Morgan fingerprint density at radius 2 is 2.03 bits per heavy atom. The van der Waals surface area contributed by atoms with E-state index in [0.29, 0.717) is 30.3 Å². The van der Waals surface area contributed by atoms with Crippen molar-refractivity contribution in [3.8, 4) is 11.5 Å². The van der Waals surface area contributed by atoms with E-state index in [1.165, 1.54) is 6.07 Å². The van der Waals surface area contributed by atoms with Gasteiger partial charge in [0.05, 0.1) is 17.9 Å². The molecule has 2 amide bonds. The fourth-order valence-corrected chi connectivity index (χ4v) is 3.22. The Labute approximate surface area is 170 Å². The molecule has 0 bridgehead atoms. The maximum absolute atomic E-state index is 12.1. The lowest BCUT2D eigenvalue weighted by Gasteiger charge is -2.07. The lowest BCUT2D eigenvalue weighted by atomic mass is 10.2. The number of aromatic nitrogens is 2. The summed E-state index contributed by atoms with van der Waals surface area (Å²) in [5.74, 6) is 0.926. The van der Waals surface area contributed by atoms with Crippen LogP contribution >= 0.6 is 11.8 Å². The average Bonchev–Trinajstić information content (AvgIpc) is 3.16. The third-order valence-corrected chi connectivity index (χ3v) is 4.70. The first kappa shape index (κ1) is 20.5.